The van der Waals surface area contributed by atoms with Crippen LogP contribution in [-0.2, 0) is 6.54 Å². The Kier molecular flexibility index (Phi) is 4.45. The van der Waals surface area contributed by atoms with E-state index in [1.165, 1.54) is 0 Å². The molecule has 138 valence electrons. The highest BCUT2D eigenvalue weighted by Crippen LogP contribution is 2.28. The topological polar surface area (TPSA) is 86.5 Å². The second-order valence-corrected chi connectivity index (χ2v) is 6.14. The molecule has 4 aromatic rings. The van der Waals surface area contributed by atoms with Gasteiger partial charge in [0, 0.05) is 6.54 Å². The Bertz CT molecular complexity index is 1110. The second-order valence-electron chi connectivity index (χ2n) is 6.14. The molecule has 0 fully saturated rings. The molecule has 8 heteroatoms. The smallest absolute Gasteiger partial charge is 0.222 e. The molecule has 0 radical (unpaired) electrons. The number of aryl methyl sites for hydroxylation is 1. The van der Waals surface area contributed by atoms with E-state index in [9.17, 15) is 0 Å². The summed E-state index contributed by atoms with van der Waals surface area (Å²) in [6.07, 6.45) is 0. The summed E-state index contributed by atoms with van der Waals surface area (Å²) in [5.74, 6) is 2.06. The zero-order valence-electron chi connectivity index (χ0n) is 15.4. The Hall–Kier alpha value is -3.42. The highest BCUT2D eigenvalue weighted by atomic mass is 16.5. The molecule has 1 N–H and O–H groups in total. The minimum Gasteiger partial charge on any atom is -0.493 e. The van der Waals surface area contributed by atoms with Crippen molar-refractivity contribution in [1.82, 2.24) is 25.0 Å². The molecule has 0 saturated heterocycles. The van der Waals surface area contributed by atoms with Crippen molar-refractivity contribution in [3.63, 3.8) is 0 Å². The maximum atomic E-state index is 5.56. The number of methoxy groups -OCH3 is 1. The van der Waals surface area contributed by atoms with Crippen LogP contribution in [0.2, 0.25) is 0 Å². The van der Waals surface area contributed by atoms with E-state index in [-0.39, 0.29) is 0 Å². The van der Waals surface area contributed by atoms with E-state index in [0.717, 1.165) is 27.9 Å². The number of hydrogen-bond acceptors (Lipinski definition) is 7. The Balaban J connectivity index is 1.65. The summed E-state index contributed by atoms with van der Waals surface area (Å²) in [7, 11) is 1.63. The predicted octanol–water partition coefficient (Wildman–Crippen LogP) is 3.00. The fraction of sp³-hybridized carbons (Fsp3) is 0.263. The quantitative estimate of drug-likeness (QED) is 0.563. The van der Waals surface area contributed by atoms with E-state index in [1.54, 1.807) is 11.6 Å². The average Bonchev–Trinajstić information content (AvgIpc) is 3.18. The zero-order valence-corrected chi connectivity index (χ0v) is 15.4. The van der Waals surface area contributed by atoms with Gasteiger partial charge in [0.15, 0.2) is 17.3 Å². The lowest BCUT2D eigenvalue weighted by Crippen LogP contribution is -2.06. The monoisotopic (exact) mass is 364 g/mol. The first kappa shape index (κ1) is 17.0. The number of nitrogens with one attached hydrogen (secondary N) is 1. The van der Waals surface area contributed by atoms with E-state index in [2.05, 4.69) is 20.8 Å². The van der Waals surface area contributed by atoms with Gasteiger partial charge in [0.25, 0.3) is 0 Å². The SMILES string of the molecule is CCOc1ccc(CNc2nc3ccc(C)cc3n3nnnc23)cc1OC. The highest BCUT2D eigenvalue weighted by Gasteiger charge is 2.12. The summed E-state index contributed by atoms with van der Waals surface area (Å²) < 4.78 is 12.7. The van der Waals surface area contributed by atoms with Gasteiger partial charge in [0.2, 0.25) is 5.65 Å². The number of hydrogen-bond donors (Lipinski definition) is 1. The lowest BCUT2D eigenvalue weighted by atomic mass is 10.2. The second kappa shape index (κ2) is 7.06. The Labute approximate surface area is 156 Å². The van der Waals surface area contributed by atoms with Gasteiger partial charge in [0.1, 0.15) is 0 Å². The van der Waals surface area contributed by atoms with Crippen LogP contribution in [0.3, 0.4) is 0 Å². The molecule has 2 heterocycles. The van der Waals surface area contributed by atoms with Crippen LogP contribution in [0.25, 0.3) is 16.7 Å². The standard InChI is InChI=1S/C19H20N6O2/c1-4-27-16-8-6-13(10-17(16)26-3)11-20-18-19-22-23-24-25(19)15-9-12(2)5-7-14(15)21-18/h5-10H,4,11H2,1-3H3,(H,20,21). The number of tetrazole rings is 1. The molecule has 27 heavy (non-hydrogen) atoms. The maximum Gasteiger partial charge on any atom is 0.222 e. The van der Waals surface area contributed by atoms with Crippen molar-refractivity contribution >= 4 is 22.5 Å². The molecule has 2 aromatic heterocycles. The van der Waals surface area contributed by atoms with Gasteiger partial charge in [-0.2, -0.15) is 4.52 Å². The maximum absolute atomic E-state index is 5.56. The van der Waals surface area contributed by atoms with E-state index in [1.807, 2.05) is 50.2 Å². The molecule has 0 spiro atoms. The molecule has 0 aliphatic carbocycles. The first-order valence-corrected chi connectivity index (χ1v) is 8.71. The number of anilines is 1. The molecule has 2 aromatic carbocycles. The number of benzene rings is 2. The molecule has 0 saturated carbocycles. The highest BCUT2D eigenvalue weighted by molar-refractivity contribution is 5.82. The third-order valence-corrected chi connectivity index (χ3v) is 4.26. The molecule has 0 aliphatic rings. The number of fused-ring (bicyclic) bond motifs is 3. The third kappa shape index (κ3) is 3.21. The number of ether oxygens (including phenoxy) is 2. The molecular weight excluding hydrogens is 344 g/mol. The van der Waals surface area contributed by atoms with Crippen molar-refractivity contribution in [2.75, 3.05) is 19.0 Å². The minimum atomic E-state index is 0.551. The first-order chi connectivity index (χ1) is 13.2. The first-order valence-electron chi connectivity index (χ1n) is 8.71. The van der Waals surface area contributed by atoms with Crippen molar-refractivity contribution in [2.24, 2.45) is 0 Å². The minimum absolute atomic E-state index is 0.551. The van der Waals surface area contributed by atoms with E-state index < -0.39 is 0 Å². The van der Waals surface area contributed by atoms with Gasteiger partial charge >= 0.3 is 0 Å². The van der Waals surface area contributed by atoms with Crippen molar-refractivity contribution < 1.29 is 9.47 Å². The molecule has 0 amide bonds. The fourth-order valence-corrected chi connectivity index (χ4v) is 2.97. The van der Waals surface area contributed by atoms with Crippen molar-refractivity contribution in [3.05, 3.63) is 47.5 Å². The third-order valence-electron chi connectivity index (χ3n) is 4.26. The van der Waals surface area contributed by atoms with Crippen LogP contribution >= 0.6 is 0 Å². The Morgan fingerprint density at radius 3 is 2.81 bits per heavy atom. The largest absolute Gasteiger partial charge is 0.493 e. The van der Waals surface area contributed by atoms with E-state index >= 15 is 0 Å². The Morgan fingerprint density at radius 2 is 2.00 bits per heavy atom. The summed E-state index contributed by atoms with van der Waals surface area (Å²) >= 11 is 0. The van der Waals surface area contributed by atoms with Crippen LogP contribution in [0.4, 0.5) is 5.82 Å². The van der Waals surface area contributed by atoms with Gasteiger partial charge in [-0.3, -0.25) is 0 Å². The van der Waals surface area contributed by atoms with Gasteiger partial charge in [-0.25, -0.2) is 4.98 Å². The van der Waals surface area contributed by atoms with E-state index in [4.69, 9.17) is 14.5 Å². The molecule has 0 bridgehead atoms. The lowest BCUT2D eigenvalue weighted by Gasteiger charge is -2.12. The van der Waals surface area contributed by atoms with Crippen molar-refractivity contribution in [1.29, 1.82) is 0 Å². The van der Waals surface area contributed by atoms with Gasteiger partial charge in [-0.15, -0.1) is 5.10 Å². The van der Waals surface area contributed by atoms with Gasteiger partial charge in [-0.1, -0.05) is 12.1 Å². The van der Waals surface area contributed by atoms with Crippen LogP contribution in [0.5, 0.6) is 11.5 Å². The molecule has 8 nitrogen and oxygen atoms in total. The normalized spacial score (nSPS) is 11.1. The summed E-state index contributed by atoms with van der Waals surface area (Å²) in [6.45, 7) is 5.11. The van der Waals surface area contributed by atoms with Crippen LogP contribution in [0, 0.1) is 6.92 Å². The van der Waals surface area contributed by atoms with Crippen LogP contribution in [-0.4, -0.2) is 38.7 Å². The van der Waals surface area contributed by atoms with Crippen LogP contribution < -0.4 is 14.8 Å². The predicted molar refractivity (Wildman–Crippen MR) is 102 cm³/mol. The molecule has 0 aliphatic heterocycles. The molecular formula is C19H20N6O2. The summed E-state index contributed by atoms with van der Waals surface area (Å²) in [6, 6.07) is 11.9. The van der Waals surface area contributed by atoms with Crippen molar-refractivity contribution in [2.45, 2.75) is 20.4 Å². The molecule has 4 rings (SSSR count). The average molecular weight is 364 g/mol. The molecule has 0 unspecified atom stereocenters. The van der Waals surface area contributed by atoms with Crippen LogP contribution in [0.15, 0.2) is 36.4 Å². The zero-order chi connectivity index (χ0) is 18.8. The van der Waals surface area contributed by atoms with Gasteiger partial charge in [-0.05, 0) is 59.7 Å². The van der Waals surface area contributed by atoms with Gasteiger partial charge < -0.3 is 14.8 Å². The molecule has 0 atom stereocenters. The van der Waals surface area contributed by atoms with E-state index in [0.29, 0.717) is 30.4 Å². The van der Waals surface area contributed by atoms with Gasteiger partial charge in [0.05, 0.1) is 24.8 Å². The number of rotatable bonds is 6. The Morgan fingerprint density at radius 1 is 1.11 bits per heavy atom. The van der Waals surface area contributed by atoms with Crippen molar-refractivity contribution in [3.8, 4) is 11.5 Å². The summed E-state index contributed by atoms with van der Waals surface area (Å²) in [5, 5.41) is 15.3. The number of nitrogens with zero attached hydrogens (tertiary/aromatic N) is 5. The lowest BCUT2D eigenvalue weighted by molar-refractivity contribution is 0.310. The van der Waals surface area contributed by atoms with Crippen LogP contribution in [0.1, 0.15) is 18.1 Å². The summed E-state index contributed by atoms with van der Waals surface area (Å²) in [4.78, 5) is 4.69. The fourth-order valence-electron chi connectivity index (χ4n) is 2.97. The number of aromatic nitrogens is 5. The summed E-state index contributed by atoms with van der Waals surface area (Å²) in [5.41, 5.74) is 4.46.